The molecule has 1 aromatic heterocycles. The lowest BCUT2D eigenvalue weighted by molar-refractivity contribution is -0.119. The number of carbonyl (C=O) groups is 1. The van der Waals surface area contributed by atoms with E-state index in [9.17, 15) is 4.79 Å². The summed E-state index contributed by atoms with van der Waals surface area (Å²) in [5.41, 5.74) is 0.964. The van der Waals surface area contributed by atoms with Crippen molar-refractivity contribution in [3.8, 4) is 0 Å². The molecular weight excluding hydrogens is 262 g/mol. The van der Waals surface area contributed by atoms with Crippen LogP contribution in [0.4, 0.5) is 0 Å². The zero-order valence-electron chi connectivity index (χ0n) is 10.9. The van der Waals surface area contributed by atoms with Crippen molar-refractivity contribution < 1.29 is 14.3 Å². The molecule has 0 bridgehead atoms. The van der Waals surface area contributed by atoms with Crippen LogP contribution in [0, 0.1) is 0 Å². The van der Waals surface area contributed by atoms with Gasteiger partial charge in [-0.1, -0.05) is 12.1 Å². The summed E-state index contributed by atoms with van der Waals surface area (Å²) in [7, 11) is 1.63. The number of nitrogens with zero attached hydrogens (tertiary/aromatic N) is 1. The van der Waals surface area contributed by atoms with Crippen LogP contribution < -0.4 is 0 Å². The highest BCUT2D eigenvalue weighted by Crippen LogP contribution is 2.22. The number of para-hydroxylation sites is 1. The van der Waals surface area contributed by atoms with Crippen molar-refractivity contribution in [1.29, 1.82) is 0 Å². The van der Waals surface area contributed by atoms with Gasteiger partial charge in [0.2, 0.25) is 0 Å². The molecule has 0 spiro atoms. The molecule has 0 atom stereocenters. The normalized spacial score (nSPS) is 11.0. The van der Waals surface area contributed by atoms with Crippen molar-refractivity contribution in [2.75, 3.05) is 26.9 Å². The Kier molecular flexibility index (Phi) is 5.44. The standard InChI is InChI=1S/C14H17NO3S/c1-17-8-9-18-7-6-11(16)10-14-15-12-4-2-3-5-13(12)19-14/h2-5H,6-10H2,1H3. The Balaban J connectivity index is 1.78. The van der Waals surface area contributed by atoms with Crippen LogP contribution >= 0.6 is 11.3 Å². The Bertz CT molecular complexity index is 505. The van der Waals surface area contributed by atoms with E-state index in [4.69, 9.17) is 9.47 Å². The second kappa shape index (κ2) is 7.33. The number of aromatic nitrogens is 1. The van der Waals surface area contributed by atoms with Gasteiger partial charge in [-0.05, 0) is 12.1 Å². The minimum atomic E-state index is 0.163. The number of carbonyl (C=O) groups excluding carboxylic acids is 1. The third kappa shape index (κ3) is 4.38. The predicted molar refractivity (Wildman–Crippen MR) is 75.6 cm³/mol. The van der Waals surface area contributed by atoms with Gasteiger partial charge in [0.25, 0.3) is 0 Å². The van der Waals surface area contributed by atoms with Gasteiger partial charge in [-0.15, -0.1) is 11.3 Å². The summed E-state index contributed by atoms with van der Waals surface area (Å²) in [6.07, 6.45) is 0.826. The van der Waals surface area contributed by atoms with Gasteiger partial charge in [-0.3, -0.25) is 4.79 Å². The summed E-state index contributed by atoms with van der Waals surface area (Å²) in [6.45, 7) is 1.55. The summed E-state index contributed by atoms with van der Waals surface area (Å²) in [4.78, 5) is 16.2. The Labute approximate surface area is 116 Å². The van der Waals surface area contributed by atoms with Crippen LogP contribution in [0.3, 0.4) is 0 Å². The van der Waals surface area contributed by atoms with Gasteiger partial charge in [-0.25, -0.2) is 4.98 Å². The van der Waals surface area contributed by atoms with E-state index in [1.165, 1.54) is 0 Å². The van der Waals surface area contributed by atoms with E-state index in [1.807, 2.05) is 24.3 Å². The molecule has 0 unspecified atom stereocenters. The molecule has 0 amide bonds. The topological polar surface area (TPSA) is 48.4 Å². The number of benzene rings is 1. The Morgan fingerprint density at radius 1 is 1.26 bits per heavy atom. The number of fused-ring (bicyclic) bond motifs is 1. The van der Waals surface area contributed by atoms with Crippen molar-refractivity contribution >= 4 is 27.3 Å². The summed E-state index contributed by atoms with van der Waals surface area (Å²) in [5.74, 6) is 0.163. The highest BCUT2D eigenvalue weighted by molar-refractivity contribution is 7.18. The molecule has 0 saturated heterocycles. The van der Waals surface area contributed by atoms with Crippen LogP contribution in [0.1, 0.15) is 11.4 Å². The van der Waals surface area contributed by atoms with Gasteiger partial charge in [0, 0.05) is 13.5 Å². The first-order chi connectivity index (χ1) is 9.29. The van der Waals surface area contributed by atoms with E-state index >= 15 is 0 Å². The summed E-state index contributed by atoms with van der Waals surface area (Å²) in [5, 5.41) is 0.878. The molecule has 0 N–H and O–H groups in total. The van der Waals surface area contributed by atoms with Crippen LogP contribution in [-0.4, -0.2) is 37.7 Å². The molecule has 0 aliphatic carbocycles. The van der Waals surface area contributed by atoms with Gasteiger partial charge < -0.3 is 9.47 Å². The van der Waals surface area contributed by atoms with Crippen LogP contribution in [0.15, 0.2) is 24.3 Å². The molecule has 2 aromatic rings. The zero-order valence-corrected chi connectivity index (χ0v) is 11.7. The molecule has 0 aliphatic heterocycles. The lowest BCUT2D eigenvalue weighted by Gasteiger charge is -2.02. The number of ketones is 1. The summed E-state index contributed by atoms with van der Waals surface area (Å²) in [6, 6.07) is 7.93. The number of thiazole rings is 1. The minimum absolute atomic E-state index is 0.163. The van der Waals surface area contributed by atoms with E-state index in [1.54, 1.807) is 18.4 Å². The first kappa shape index (κ1) is 14.1. The van der Waals surface area contributed by atoms with Crippen LogP contribution in [0.5, 0.6) is 0 Å². The fraction of sp³-hybridized carbons (Fsp3) is 0.429. The van der Waals surface area contributed by atoms with E-state index in [2.05, 4.69) is 4.98 Å². The molecule has 19 heavy (non-hydrogen) atoms. The number of hydrogen-bond acceptors (Lipinski definition) is 5. The lowest BCUT2D eigenvalue weighted by atomic mass is 10.2. The van der Waals surface area contributed by atoms with Gasteiger partial charge in [-0.2, -0.15) is 0 Å². The summed E-state index contributed by atoms with van der Waals surface area (Å²) < 4.78 is 11.3. The zero-order chi connectivity index (χ0) is 13.5. The first-order valence-electron chi connectivity index (χ1n) is 6.22. The predicted octanol–water partition coefficient (Wildman–Crippen LogP) is 2.46. The average molecular weight is 279 g/mol. The van der Waals surface area contributed by atoms with Gasteiger partial charge in [0.1, 0.15) is 10.8 Å². The van der Waals surface area contributed by atoms with Crippen LogP contribution in [0.2, 0.25) is 0 Å². The van der Waals surface area contributed by atoms with Gasteiger partial charge >= 0.3 is 0 Å². The van der Waals surface area contributed by atoms with E-state index < -0.39 is 0 Å². The van der Waals surface area contributed by atoms with Gasteiger partial charge in [0.15, 0.2) is 0 Å². The van der Waals surface area contributed by atoms with Crippen LogP contribution in [0.25, 0.3) is 10.2 Å². The third-order valence-corrected chi connectivity index (χ3v) is 3.68. The number of methoxy groups -OCH3 is 1. The largest absolute Gasteiger partial charge is 0.382 e. The molecule has 102 valence electrons. The van der Waals surface area contributed by atoms with Crippen molar-refractivity contribution in [3.05, 3.63) is 29.3 Å². The second-order valence-corrected chi connectivity index (χ2v) is 5.26. The third-order valence-electron chi connectivity index (χ3n) is 2.64. The molecule has 5 heteroatoms. The molecule has 0 saturated carbocycles. The quantitative estimate of drug-likeness (QED) is 0.696. The van der Waals surface area contributed by atoms with E-state index in [-0.39, 0.29) is 5.78 Å². The molecule has 4 nitrogen and oxygen atoms in total. The molecular formula is C14H17NO3S. The summed E-state index contributed by atoms with van der Waals surface area (Å²) >= 11 is 1.58. The molecule has 0 radical (unpaired) electrons. The average Bonchev–Trinajstić information content (AvgIpc) is 2.80. The fourth-order valence-corrected chi connectivity index (χ4v) is 2.68. The number of Topliss-reactive ketones (excluding diaryl/α,β-unsaturated/α-hetero) is 1. The Hall–Kier alpha value is -1.30. The van der Waals surface area contributed by atoms with Crippen molar-refractivity contribution in [3.63, 3.8) is 0 Å². The second-order valence-electron chi connectivity index (χ2n) is 4.15. The number of rotatable bonds is 8. The van der Waals surface area contributed by atoms with Crippen LogP contribution in [-0.2, 0) is 20.7 Å². The molecule has 0 fully saturated rings. The first-order valence-corrected chi connectivity index (χ1v) is 7.04. The maximum absolute atomic E-state index is 11.8. The van der Waals surface area contributed by atoms with E-state index in [0.29, 0.717) is 32.7 Å². The molecule has 1 aromatic carbocycles. The smallest absolute Gasteiger partial charge is 0.141 e. The van der Waals surface area contributed by atoms with Gasteiger partial charge in [0.05, 0.1) is 36.5 Å². The molecule has 2 rings (SSSR count). The highest BCUT2D eigenvalue weighted by atomic mass is 32.1. The van der Waals surface area contributed by atoms with E-state index in [0.717, 1.165) is 15.2 Å². The molecule has 1 heterocycles. The number of hydrogen-bond donors (Lipinski definition) is 0. The highest BCUT2D eigenvalue weighted by Gasteiger charge is 2.08. The maximum Gasteiger partial charge on any atom is 0.141 e. The number of ether oxygens (including phenoxy) is 2. The van der Waals surface area contributed by atoms with Crippen molar-refractivity contribution in [1.82, 2.24) is 4.98 Å². The maximum atomic E-state index is 11.8. The monoisotopic (exact) mass is 279 g/mol. The lowest BCUT2D eigenvalue weighted by Crippen LogP contribution is -2.09. The molecule has 0 aliphatic rings. The minimum Gasteiger partial charge on any atom is -0.382 e. The fourth-order valence-electron chi connectivity index (χ4n) is 1.68. The van der Waals surface area contributed by atoms with Crippen molar-refractivity contribution in [2.45, 2.75) is 12.8 Å². The Morgan fingerprint density at radius 2 is 2.11 bits per heavy atom. The van der Waals surface area contributed by atoms with Crippen molar-refractivity contribution in [2.24, 2.45) is 0 Å². The Morgan fingerprint density at radius 3 is 2.89 bits per heavy atom. The SMILES string of the molecule is COCCOCCC(=O)Cc1nc2ccccc2s1.